The number of rotatable bonds is 7. The van der Waals surface area contributed by atoms with E-state index in [1.165, 1.54) is 11.1 Å². The lowest BCUT2D eigenvalue weighted by atomic mass is 10.1. The molecule has 0 atom stereocenters. The van der Waals surface area contributed by atoms with Gasteiger partial charge >= 0.3 is 0 Å². The van der Waals surface area contributed by atoms with Gasteiger partial charge in [0.1, 0.15) is 5.69 Å². The van der Waals surface area contributed by atoms with E-state index in [9.17, 15) is 4.79 Å². The lowest BCUT2D eigenvalue weighted by Gasteiger charge is -2.08. The molecule has 0 saturated carbocycles. The Morgan fingerprint density at radius 1 is 0.962 bits per heavy atom. The highest BCUT2D eigenvalue weighted by Crippen LogP contribution is 2.05. The highest BCUT2D eigenvalue weighted by Gasteiger charge is 2.08. The summed E-state index contributed by atoms with van der Waals surface area (Å²) in [7, 11) is 0. The second-order valence-electron chi connectivity index (χ2n) is 6.10. The average molecular weight is 346 g/mol. The van der Waals surface area contributed by atoms with Crippen molar-refractivity contribution in [3.63, 3.8) is 0 Å². The third kappa shape index (κ3) is 5.14. The van der Waals surface area contributed by atoms with Crippen molar-refractivity contribution in [2.75, 3.05) is 11.9 Å². The molecule has 0 bridgehead atoms. The van der Waals surface area contributed by atoms with Crippen LogP contribution in [0.4, 0.5) is 5.95 Å². The maximum Gasteiger partial charge on any atom is 0.270 e. The van der Waals surface area contributed by atoms with E-state index in [1.807, 2.05) is 49.4 Å². The summed E-state index contributed by atoms with van der Waals surface area (Å²) in [5.74, 6) is 0.253. The standard InChI is InChI=1S/C21H22N4O/c1-16-7-9-18(10-8-16)15-24-20(26)19-12-14-23-21(25-19)22-13-11-17-5-3-2-4-6-17/h2-10,12,14H,11,13,15H2,1H3,(H,24,26)(H,22,23,25). The van der Waals surface area contributed by atoms with Gasteiger partial charge in [0.25, 0.3) is 5.91 Å². The second kappa shape index (κ2) is 8.76. The van der Waals surface area contributed by atoms with Crippen LogP contribution in [0.2, 0.25) is 0 Å². The molecule has 0 aliphatic rings. The summed E-state index contributed by atoms with van der Waals surface area (Å²) in [6.07, 6.45) is 2.46. The van der Waals surface area contributed by atoms with Crippen molar-refractivity contribution >= 4 is 11.9 Å². The van der Waals surface area contributed by atoms with Crippen LogP contribution < -0.4 is 10.6 Å². The van der Waals surface area contributed by atoms with Crippen molar-refractivity contribution in [1.29, 1.82) is 0 Å². The van der Waals surface area contributed by atoms with Crippen LogP contribution in [0, 0.1) is 6.92 Å². The Morgan fingerprint density at radius 3 is 2.50 bits per heavy atom. The summed E-state index contributed by atoms with van der Waals surface area (Å²) >= 11 is 0. The number of carbonyl (C=O) groups is 1. The number of benzene rings is 2. The molecular weight excluding hydrogens is 324 g/mol. The number of aryl methyl sites for hydroxylation is 1. The van der Waals surface area contributed by atoms with Crippen LogP contribution in [0.5, 0.6) is 0 Å². The number of amides is 1. The van der Waals surface area contributed by atoms with Crippen LogP contribution in [0.15, 0.2) is 66.9 Å². The first kappa shape index (κ1) is 17.6. The zero-order valence-electron chi connectivity index (χ0n) is 14.8. The first-order valence-electron chi connectivity index (χ1n) is 8.65. The molecule has 2 N–H and O–H groups in total. The maximum atomic E-state index is 12.3. The molecule has 1 aromatic heterocycles. The molecule has 0 saturated heterocycles. The van der Waals surface area contributed by atoms with Gasteiger partial charge in [-0.15, -0.1) is 0 Å². The van der Waals surface area contributed by atoms with Crippen LogP contribution in [-0.2, 0) is 13.0 Å². The normalized spacial score (nSPS) is 10.3. The smallest absolute Gasteiger partial charge is 0.270 e. The topological polar surface area (TPSA) is 66.9 Å². The van der Waals surface area contributed by atoms with Gasteiger partial charge < -0.3 is 10.6 Å². The summed E-state index contributed by atoms with van der Waals surface area (Å²) in [6, 6.07) is 19.9. The molecule has 132 valence electrons. The number of hydrogen-bond acceptors (Lipinski definition) is 4. The fourth-order valence-electron chi connectivity index (χ4n) is 2.51. The SMILES string of the molecule is Cc1ccc(CNC(=O)c2ccnc(NCCc3ccccc3)n2)cc1. The number of anilines is 1. The van der Waals surface area contributed by atoms with Gasteiger partial charge in [0.05, 0.1) is 0 Å². The maximum absolute atomic E-state index is 12.3. The van der Waals surface area contributed by atoms with Crippen LogP contribution in [0.1, 0.15) is 27.2 Å². The van der Waals surface area contributed by atoms with Crippen molar-refractivity contribution < 1.29 is 4.79 Å². The minimum atomic E-state index is -0.209. The Bertz CT molecular complexity index is 847. The zero-order valence-corrected chi connectivity index (χ0v) is 14.8. The Kier molecular flexibility index (Phi) is 5.93. The lowest BCUT2D eigenvalue weighted by Crippen LogP contribution is -2.24. The van der Waals surface area contributed by atoms with E-state index in [-0.39, 0.29) is 5.91 Å². The summed E-state index contributed by atoms with van der Waals surface area (Å²) < 4.78 is 0. The Hall–Kier alpha value is -3.21. The zero-order chi connectivity index (χ0) is 18.2. The molecule has 0 spiro atoms. The second-order valence-corrected chi connectivity index (χ2v) is 6.10. The van der Waals surface area contributed by atoms with Gasteiger partial charge in [0, 0.05) is 19.3 Å². The Morgan fingerprint density at radius 2 is 1.73 bits per heavy atom. The molecule has 3 rings (SSSR count). The van der Waals surface area contributed by atoms with Crippen molar-refractivity contribution in [2.45, 2.75) is 19.9 Å². The molecule has 0 unspecified atom stereocenters. The van der Waals surface area contributed by atoms with Crippen molar-refractivity contribution in [2.24, 2.45) is 0 Å². The van der Waals surface area contributed by atoms with Gasteiger partial charge in [-0.05, 0) is 30.5 Å². The molecule has 1 heterocycles. The van der Waals surface area contributed by atoms with Gasteiger partial charge in [-0.1, -0.05) is 60.2 Å². The summed E-state index contributed by atoms with van der Waals surface area (Å²) in [5.41, 5.74) is 3.85. The van der Waals surface area contributed by atoms with Crippen LogP contribution >= 0.6 is 0 Å². The first-order chi connectivity index (χ1) is 12.7. The number of nitrogens with zero attached hydrogens (tertiary/aromatic N) is 2. The molecule has 0 fully saturated rings. The van der Waals surface area contributed by atoms with Crippen LogP contribution in [0.3, 0.4) is 0 Å². The van der Waals surface area contributed by atoms with E-state index in [2.05, 4.69) is 32.7 Å². The molecule has 2 aromatic carbocycles. The van der Waals surface area contributed by atoms with Gasteiger partial charge in [-0.2, -0.15) is 0 Å². The molecule has 26 heavy (non-hydrogen) atoms. The quantitative estimate of drug-likeness (QED) is 0.688. The number of carbonyl (C=O) groups excluding carboxylic acids is 1. The van der Waals surface area contributed by atoms with Crippen molar-refractivity contribution in [3.8, 4) is 0 Å². The summed E-state index contributed by atoms with van der Waals surface area (Å²) in [5, 5.41) is 6.05. The van der Waals surface area contributed by atoms with Crippen molar-refractivity contribution in [1.82, 2.24) is 15.3 Å². The molecule has 0 aliphatic carbocycles. The average Bonchev–Trinajstić information content (AvgIpc) is 2.68. The third-order valence-corrected chi connectivity index (χ3v) is 4.00. The highest BCUT2D eigenvalue weighted by atomic mass is 16.1. The predicted molar refractivity (Wildman–Crippen MR) is 103 cm³/mol. The van der Waals surface area contributed by atoms with Crippen LogP contribution in [-0.4, -0.2) is 22.4 Å². The largest absolute Gasteiger partial charge is 0.354 e. The number of nitrogens with one attached hydrogen (secondary N) is 2. The lowest BCUT2D eigenvalue weighted by molar-refractivity contribution is 0.0946. The van der Waals surface area contributed by atoms with Gasteiger partial charge in [-0.3, -0.25) is 4.79 Å². The molecule has 5 nitrogen and oxygen atoms in total. The summed E-state index contributed by atoms with van der Waals surface area (Å²) in [4.78, 5) is 20.8. The Labute approximate surface area is 153 Å². The summed E-state index contributed by atoms with van der Waals surface area (Å²) in [6.45, 7) is 3.22. The fraction of sp³-hybridized carbons (Fsp3) is 0.190. The molecular formula is C21H22N4O. The van der Waals surface area contributed by atoms with E-state index in [0.717, 1.165) is 12.0 Å². The predicted octanol–water partition coefficient (Wildman–Crippen LogP) is 3.37. The van der Waals surface area contributed by atoms with Crippen LogP contribution in [0.25, 0.3) is 0 Å². The first-order valence-corrected chi connectivity index (χ1v) is 8.65. The molecule has 0 radical (unpaired) electrons. The number of hydrogen-bond donors (Lipinski definition) is 2. The van der Waals surface area contributed by atoms with E-state index >= 15 is 0 Å². The third-order valence-electron chi connectivity index (χ3n) is 4.00. The Balaban J connectivity index is 1.52. The van der Waals surface area contributed by atoms with Gasteiger partial charge in [-0.25, -0.2) is 9.97 Å². The number of aromatic nitrogens is 2. The van der Waals surface area contributed by atoms with E-state index in [4.69, 9.17) is 0 Å². The molecule has 5 heteroatoms. The van der Waals surface area contributed by atoms with E-state index in [0.29, 0.717) is 24.7 Å². The van der Waals surface area contributed by atoms with E-state index in [1.54, 1.807) is 12.3 Å². The molecule has 3 aromatic rings. The molecule has 0 aliphatic heterocycles. The molecule has 1 amide bonds. The van der Waals surface area contributed by atoms with Crippen molar-refractivity contribution in [3.05, 3.63) is 89.2 Å². The van der Waals surface area contributed by atoms with Gasteiger partial charge in [0.15, 0.2) is 0 Å². The van der Waals surface area contributed by atoms with E-state index < -0.39 is 0 Å². The van der Waals surface area contributed by atoms with Gasteiger partial charge in [0.2, 0.25) is 5.95 Å². The monoisotopic (exact) mass is 346 g/mol. The minimum absolute atomic E-state index is 0.209. The highest BCUT2D eigenvalue weighted by molar-refractivity contribution is 5.92. The minimum Gasteiger partial charge on any atom is -0.354 e. The fourth-order valence-corrected chi connectivity index (χ4v) is 2.51.